The number of piperidine rings is 2. The summed E-state index contributed by atoms with van der Waals surface area (Å²) in [5.41, 5.74) is 1.39. The van der Waals surface area contributed by atoms with Crippen LogP contribution in [0.25, 0.3) is 0 Å². The van der Waals surface area contributed by atoms with Crippen LogP contribution in [-0.2, 0) is 0 Å². The average molecular weight is 570 g/mol. The number of hydrogen-bond donors (Lipinski definition) is 1. The molecule has 33 heavy (non-hydrogen) atoms. The molecule has 3 saturated heterocycles. The second kappa shape index (κ2) is 13.1. The molecule has 1 aromatic carbocycles. The Morgan fingerprint density at radius 2 is 1.79 bits per heavy atom. The lowest BCUT2D eigenvalue weighted by Crippen LogP contribution is -2.46. The van der Waals surface area contributed by atoms with Gasteiger partial charge in [0.05, 0.1) is 7.11 Å². The Morgan fingerprint density at radius 3 is 2.48 bits per heavy atom. The third-order valence-electron chi connectivity index (χ3n) is 7.75. The van der Waals surface area contributed by atoms with Gasteiger partial charge in [-0.3, -0.25) is 9.89 Å². The highest BCUT2D eigenvalue weighted by Gasteiger charge is 2.32. The maximum atomic E-state index is 5.37. The molecule has 0 spiro atoms. The summed E-state index contributed by atoms with van der Waals surface area (Å²) in [6, 6.07) is 9.09. The number of nitrogens with one attached hydrogen (secondary N) is 1. The third kappa shape index (κ3) is 6.98. The molecule has 0 aliphatic carbocycles. The average Bonchev–Trinajstić information content (AvgIpc) is 3.28. The molecule has 0 bridgehead atoms. The van der Waals surface area contributed by atoms with Crippen molar-refractivity contribution in [3.63, 3.8) is 0 Å². The monoisotopic (exact) mass is 569 g/mol. The second-order valence-corrected chi connectivity index (χ2v) is 9.99. The van der Waals surface area contributed by atoms with Crippen molar-refractivity contribution in [2.75, 3.05) is 67.0 Å². The molecule has 0 aromatic heterocycles. The van der Waals surface area contributed by atoms with Crippen LogP contribution in [0.15, 0.2) is 29.3 Å². The summed E-state index contributed by atoms with van der Waals surface area (Å²) in [4.78, 5) is 12.4. The first-order valence-electron chi connectivity index (χ1n) is 12.7. The summed E-state index contributed by atoms with van der Waals surface area (Å²) in [5.74, 6) is 3.37. The van der Waals surface area contributed by atoms with Crippen molar-refractivity contribution in [2.45, 2.75) is 44.6 Å². The topological polar surface area (TPSA) is 43.3 Å². The molecule has 4 rings (SSSR count). The van der Waals surface area contributed by atoms with E-state index in [1.54, 1.807) is 7.11 Å². The molecule has 3 aliphatic rings. The quantitative estimate of drug-likeness (QED) is 0.318. The lowest BCUT2D eigenvalue weighted by molar-refractivity contribution is 0.122. The van der Waals surface area contributed by atoms with E-state index in [4.69, 9.17) is 4.74 Å². The van der Waals surface area contributed by atoms with Crippen molar-refractivity contribution in [2.24, 2.45) is 16.8 Å². The van der Waals surface area contributed by atoms with E-state index < -0.39 is 0 Å². The minimum atomic E-state index is 0. The van der Waals surface area contributed by atoms with Gasteiger partial charge in [0.25, 0.3) is 0 Å². The molecule has 186 valence electrons. The number of guanidine groups is 1. The Morgan fingerprint density at radius 1 is 1.03 bits per heavy atom. The molecule has 1 aromatic rings. The smallest absolute Gasteiger partial charge is 0.193 e. The molecule has 7 heteroatoms. The third-order valence-corrected chi connectivity index (χ3v) is 7.75. The highest BCUT2D eigenvalue weighted by molar-refractivity contribution is 14.0. The Balaban J connectivity index is 0.00000306. The lowest BCUT2D eigenvalue weighted by Gasteiger charge is -2.40. The van der Waals surface area contributed by atoms with Crippen LogP contribution in [0, 0.1) is 11.8 Å². The summed E-state index contributed by atoms with van der Waals surface area (Å²) in [5, 5.41) is 3.76. The van der Waals surface area contributed by atoms with Crippen LogP contribution in [0.3, 0.4) is 0 Å². The minimum Gasteiger partial charge on any atom is -0.497 e. The number of hydrogen-bond acceptors (Lipinski definition) is 4. The number of halogens is 1. The van der Waals surface area contributed by atoms with Gasteiger partial charge in [0.1, 0.15) is 5.75 Å². The highest BCUT2D eigenvalue weighted by Crippen LogP contribution is 2.35. The first-order chi connectivity index (χ1) is 15.7. The molecule has 3 aliphatic heterocycles. The molecule has 3 fully saturated rings. The number of nitrogens with zero attached hydrogens (tertiary/aromatic N) is 4. The Kier molecular flexibility index (Phi) is 10.6. The summed E-state index contributed by atoms with van der Waals surface area (Å²) in [6.45, 7) is 8.26. The Labute approximate surface area is 218 Å². The fraction of sp³-hybridized carbons (Fsp3) is 0.731. The zero-order valence-electron chi connectivity index (χ0n) is 20.8. The van der Waals surface area contributed by atoms with Gasteiger partial charge >= 0.3 is 0 Å². The fourth-order valence-corrected chi connectivity index (χ4v) is 6.04. The van der Waals surface area contributed by atoms with Gasteiger partial charge in [0.2, 0.25) is 0 Å². The van der Waals surface area contributed by atoms with E-state index in [2.05, 4.69) is 56.3 Å². The van der Waals surface area contributed by atoms with Crippen LogP contribution >= 0.6 is 24.0 Å². The van der Waals surface area contributed by atoms with Crippen LogP contribution in [0.5, 0.6) is 5.75 Å². The Hall–Kier alpha value is -1.06. The van der Waals surface area contributed by atoms with Crippen molar-refractivity contribution in [3.8, 4) is 5.75 Å². The van der Waals surface area contributed by atoms with Crippen molar-refractivity contribution >= 4 is 29.9 Å². The van der Waals surface area contributed by atoms with E-state index in [1.165, 1.54) is 63.7 Å². The van der Waals surface area contributed by atoms with Crippen LogP contribution in [0.2, 0.25) is 0 Å². The van der Waals surface area contributed by atoms with Gasteiger partial charge < -0.3 is 19.9 Å². The van der Waals surface area contributed by atoms with Gasteiger partial charge in [0.15, 0.2) is 5.96 Å². The van der Waals surface area contributed by atoms with Gasteiger partial charge in [-0.1, -0.05) is 18.6 Å². The van der Waals surface area contributed by atoms with Crippen molar-refractivity contribution in [1.82, 2.24) is 20.0 Å². The van der Waals surface area contributed by atoms with Gasteiger partial charge in [-0.2, -0.15) is 0 Å². The SMILES string of the molecule is CN=C(NCC1CCCN(C)C1c1ccc(OC)cc1)N1CCC(CN2CCCCC2)C1.I. The largest absolute Gasteiger partial charge is 0.497 e. The minimum absolute atomic E-state index is 0. The summed E-state index contributed by atoms with van der Waals surface area (Å²) >= 11 is 0. The van der Waals surface area contributed by atoms with Crippen molar-refractivity contribution in [3.05, 3.63) is 29.8 Å². The van der Waals surface area contributed by atoms with Crippen LogP contribution in [-0.4, -0.2) is 87.7 Å². The normalized spacial score (nSPS) is 27.3. The second-order valence-electron chi connectivity index (χ2n) is 9.99. The first kappa shape index (κ1) is 26.5. The molecule has 0 amide bonds. The van der Waals surface area contributed by atoms with Gasteiger partial charge in [0, 0.05) is 39.3 Å². The highest BCUT2D eigenvalue weighted by atomic mass is 127. The number of benzene rings is 1. The molecule has 0 saturated carbocycles. The molecule has 1 N–H and O–H groups in total. The summed E-state index contributed by atoms with van der Waals surface area (Å²) in [7, 11) is 5.94. The summed E-state index contributed by atoms with van der Waals surface area (Å²) in [6.07, 6.45) is 7.98. The maximum Gasteiger partial charge on any atom is 0.193 e. The predicted molar refractivity (Wildman–Crippen MR) is 148 cm³/mol. The van der Waals surface area contributed by atoms with E-state index >= 15 is 0 Å². The van der Waals surface area contributed by atoms with Gasteiger partial charge in [-0.05, 0) is 88.3 Å². The van der Waals surface area contributed by atoms with E-state index in [0.717, 1.165) is 43.8 Å². The maximum absolute atomic E-state index is 5.37. The molecular weight excluding hydrogens is 525 g/mol. The molecule has 6 nitrogen and oxygen atoms in total. The number of ether oxygens (including phenoxy) is 1. The predicted octanol–water partition coefficient (Wildman–Crippen LogP) is 4.08. The lowest BCUT2D eigenvalue weighted by atomic mass is 9.85. The number of rotatable bonds is 6. The molecule has 3 atom stereocenters. The zero-order chi connectivity index (χ0) is 22.3. The molecule has 0 radical (unpaired) electrons. The van der Waals surface area contributed by atoms with Gasteiger partial charge in [-0.15, -0.1) is 24.0 Å². The van der Waals surface area contributed by atoms with Crippen molar-refractivity contribution in [1.29, 1.82) is 0 Å². The fourth-order valence-electron chi connectivity index (χ4n) is 6.04. The molecule has 3 heterocycles. The standard InChI is InChI=1S/C26H43N5O.HI/c1-27-26(31-17-13-21(20-31)19-30-15-5-4-6-16-30)28-18-23-8-7-14-29(2)25(23)22-9-11-24(32-3)12-10-22;/h9-12,21,23,25H,4-8,13-20H2,1-3H3,(H,27,28);1H. The van der Waals surface area contributed by atoms with Crippen LogP contribution in [0.1, 0.15) is 50.1 Å². The molecular formula is C26H44IN5O. The number of methoxy groups -OCH3 is 1. The van der Waals surface area contributed by atoms with E-state index in [1.807, 2.05) is 7.05 Å². The first-order valence-corrected chi connectivity index (χ1v) is 12.7. The van der Waals surface area contributed by atoms with E-state index in [9.17, 15) is 0 Å². The van der Waals surface area contributed by atoms with Crippen molar-refractivity contribution < 1.29 is 4.74 Å². The Bertz CT molecular complexity index is 737. The van der Waals surface area contributed by atoms with Gasteiger partial charge in [-0.25, -0.2) is 0 Å². The molecule has 3 unspecified atom stereocenters. The van der Waals surface area contributed by atoms with E-state index in [0.29, 0.717) is 12.0 Å². The number of aliphatic imine (C=N–C) groups is 1. The van der Waals surface area contributed by atoms with E-state index in [-0.39, 0.29) is 24.0 Å². The number of likely N-dealkylation sites (tertiary alicyclic amines) is 3. The van der Waals surface area contributed by atoms with Crippen LogP contribution < -0.4 is 10.1 Å². The summed E-state index contributed by atoms with van der Waals surface area (Å²) < 4.78 is 5.37. The van der Waals surface area contributed by atoms with Crippen LogP contribution in [0.4, 0.5) is 0 Å². The zero-order valence-corrected chi connectivity index (χ0v) is 23.2.